The largest absolute Gasteiger partial charge is 0.497 e. The normalized spacial score (nSPS) is 24.4. The molecular weight excluding hydrogens is 316 g/mol. The van der Waals surface area contributed by atoms with E-state index in [1.165, 1.54) is 6.42 Å². The van der Waals surface area contributed by atoms with Crippen molar-refractivity contribution in [1.29, 1.82) is 0 Å². The van der Waals surface area contributed by atoms with Gasteiger partial charge in [-0.25, -0.2) is 0 Å². The minimum Gasteiger partial charge on any atom is -0.497 e. The zero-order valence-electron chi connectivity index (χ0n) is 14.3. The van der Waals surface area contributed by atoms with E-state index in [0.717, 1.165) is 24.3 Å². The number of pyridine rings is 1. The lowest BCUT2D eigenvalue weighted by Gasteiger charge is -2.35. The van der Waals surface area contributed by atoms with Crippen LogP contribution >= 0.6 is 0 Å². The molecule has 5 nitrogen and oxygen atoms in total. The number of nitrogens with zero attached hydrogens (tertiary/aromatic N) is 2. The molecule has 2 bridgehead atoms. The van der Waals surface area contributed by atoms with E-state index in [9.17, 15) is 4.79 Å². The summed E-state index contributed by atoms with van der Waals surface area (Å²) < 4.78 is 11.2. The van der Waals surface area contributed by atoms with Gasteiger partial charge in [0, 0.05) is 18.4 Å². The number of likely N-dealkylation sites (tertiary alicyclic amines) is 1. The van der Waals surface area contributed by atoms with Crippen LogP contribution in [0, 0.1) is 5.92 Å². The van der Waals surface area contributed by atoms with Crippen molar-refractivity contribution in [1.82, 2.24) is 9.88 Å². The van der Waals surface area contributed by atoms with Crippen molar-refractivity contribution in [3.05, 3.63) is 54.4 Å². The molecule has 2 aromatic rings. The number of piperidine rings is 1. The van der Waals surface area contributed by atoms with Gasteiger partial charge in [-0.15, -0.1) is 0 Å². The van der Waals surface area contributed by atoms with Gasteiger partial charge >= 0.3 is 0 Å². The number of ether oxygens (including phenoxy) is 2. The van der Waals surface area contributed by atoms with E-state index in [4.69, 9.17) is 9.47 Å². The monoisotopic (exact) mass is 338 g/mol. The number of rotatable bonds is 5. The molecule has 1 saturated carbocycles. The molecule has 1 aromatic heterocycles. The first-order valence-corrected chi connectivity index (χ1v) is 8.76. The van der Waals surface area contributed by atoms with Crippen LogP contribution in [0.3, 0.4) is 0 Å². The molecule has 5 heteroatoms. The minimum atomic E-state index is 0.0728. The molecule has 1 aliphatic carbocycles. The summed E-state index contributed by atoms with van der Waals surface area (Å²) in [6, 6.07) is 11.7. The number of fused-ring (bicyclic) bond motifs is 2. The third-order valence-corrected chi connectivity index (χ3v) is 5.36. The molecular formula is C20H22N2O3. The smallest absolute Gasteiger partial charge is 0.256 e. The number of carbonyl (C=O) groups excluding carboxylic acids is 1. The standard InChI is InChI=1S/C20H22N2O3/c1-24-17-6-8-18(9-7-17)25-13-19-14-4-5-16(11-14)22(19)20(23)15-3-2-10-21-12-15/h2-3,6-10,12,14,16,19H,4-5,11,13H2,1H3/t14-,16-,19-/m1/s1. The van der Waals surface area contributed by atoms with Gasteiger partial charge in [-0.3, -0.25) is 9.78 Å². The highest BCUT2D eigenvalue weighted by Gasteiger charge is 2.48. The van der Waals surface area contributed by atoms with Crippen LogP contribution in [-0.2, 0) is 0 Å². The van der Waals surface area contributed by atoms with Gasteiger partial charge in [-0.05, 0) is 61.6 Å². The van der Waals surface area contributed by atoms with E-state index in [0.29, 0.717) is 24.1 Å². The highest BCUT2D eigenvalue weighted by atomic mass is 16.5. The summed E-state index contributed by atoms with van der Waals surface area (Å²) >= 11 is 0. The van der Waals surface area contributed by atoms with Gasteiger partial charge in [0.2, 0.25) is 0 Å². The SMILES string of the molecule is COc1ccc(OC[C@@H]2[C@@H]3CC[C@H](C3)N2C(=O)c2cccnc2)cc1. The number of carbonyl (C=O) groups is 1. The third kappa shape index (κ3) is 3.06. The fraction of sp³-hybridized carbons (Fsp3) is 0.400. The lowest BCUT2D eigenvalue weighted by atomic mass is 9.99. The van der Waals surface area contributed by atoms with Crippen LogP contribution in [-0.4, -0.2) is 41.6 Å². The summed E-state index contributed by atoms with van der Waals surface area (Å²) in [5.74, 6) is 2.21. The van der Waals surface area contributed by atoms with Crippen LogP contribution in [0.5, 0.6) is 11.5 Å². The summed E-state index contributed by atoms with van der Waals surface area (Å²) in [4.78, 5) is 19.1. The number of hydrogen-bond acceptors (Lipinski definition) is 4. The highest BCUT2D eigenvalue weighted by Crippen LogP contribution is 2.43. The Morgan fingerprint density at radius 2 is 2.00 bits per heavy atom. The summed E-state index contributed by atoms with van der Waals surface area (Å²) in [7, 11) is 1.65. The van der Waals surface area contributed by atoms with E-state index in [1.807, 2.05) is 41.3 Å². The highest BCUT2D eigenvalue weighted by molar-refractivity contribution is 5.94. The van der Waals surface area contributed by atoms with Crippen LogP contribution in [0.15, 0.2) is 48.8 Å². The topological polar surface area (TPSA) is 51.7 Å². The first-order valence-electron chi connectivity index (χ1n) is 8.76. The third-order valence-electron chi connectivity index (χ3n) is 5.36. The molecule has 130 valence electrons. The Hall–Kier alpha value is -2.56. The molecule has 1 amide bonds. The predicted molar refractivity (Wildman–Crippen MR) is 93.8 cm³/mol. The Balaban J connectivity index is 1.48. The molecule has 2 fully saturated rings. The van der Waals surface area contributed by atoms with Crippen molar-refractivity contribution in [2.45, 2.75) is 31.3 Å². The number of amides is 1. The average Bonchev–Trinajstić information content (AvgIpc) is 3.28. The first-order chi connectivity index (χ1) is 12.3. The maximum atomic E-state index is 13.0. The zero-order chi connectivity index (χ0) is 17.2. The van der Waals surface area contributed by atoms with E-state index in [2.05, 4.69) is 4.98 Å². The molecule has 1 saturated heterocycles. The minimum absolute atomic E-state index is 0.0728. The lowest BCUT2D eigenvalue weighted by Crippen LogP contribution is -2.47. The molecule has 3 atom stereocenters. The molecule has 2 aliphatic rings. The number of methoxy groups -OCH3 is 1. The van der Waals surface area contributed by atoms with Gasteiger partial charge in [0.05, 0.1) is 18.7 Å². The van der Waals surface area contributed by atoms with Crippen molar-refractivity contribution in [3.63, 3.8) is 0 Å². The van der Waals surface area contributed by atoms with Crippen LogP contribution in [0.2, 0.25) is 0 Å². The molecule has 0 N–H and O–H groups in total. The van der Waals surface area contributed by atoms with Crippen molar-refractivity contribution in [3.8, 4) is 11.5 Å². The fourth-order valence-electron chi connectivity index (χ4n) is 4.12. The molecule has 0 radical (unpaired) electrons. The van der Waals surface area contributed by atoms with Gasteiger partial charge in [-0.1, -0.05) is 0 Å². The molecule has 4 rings (SSSR count). The molecule has 0 unspecified atom stereocenters. The van der Waals surface area contributed by atoms with Crippen molar-refractivity contribution in [2.24, 2.45) is 5.92 Å². The Morgan fingerprint density at radius 3 is 2.72 bits per heavy atom. The lowest BCUT2D eigenvalue weighted by molar-refractivity contribution is 0.0505. The molecule has 25 heavy (non-hydrogen) atoms. The molecule has 1 aromatic carbocycles. The Labute approximate surface area is 147 Å². The first kappa shape index (κ1) is 15.9. The molecule has 1 aliphatic heterocycles. The van der Waals surface area contributed by atoms with Crippen molar-refractivity contribution < 1.29 is 14.3 Å². The van der Waals surface area contributed by atoms with E-state index < -0.39 is 0 Å². The second-order valence-electron chi connectivity index (χ2n) is 6.73. The maximum Gasteiger partial charge on any atom is 0.256 e. The van der Waals surface area contributed by atoms with Crippen molar-refractivity contribution in [2.75, 3.05) is 13.7 Å². The molecule has 2 heterocycles. The van der Waals surface area contributed by atoms with E-state index in [1.54, 1.807) is 19.5 Å². The zero-order valence-corrected chi connectivity index (χ0v) is 14.3. The summed E-state index contributed by atoms with van der Waals surface area (Å²) in [5, 5.41) is 0. The Kier molecular flexibility index (Phi) is 4.30. The maximum absolute atomic E-state index is 13.0. The second kappa shape index (κ2) is 6.75. The number of hydrogen-bond donors (Lipinski definition) is 0. The van der Waals surface area contributed by atoms with Gasteiger partial charge in [0.15, 0.2) is 0 Å². The van der Waals surface area contributed by atoms with Crippen LogP contribution < -0.4 is 9.47 Å². The van der Waals surface area contributed by atoms with E-state index >= 15 is 0 Å². The van der Waals surface area contributed by atoms with Crippen molar-refractivity contribution >= 4 is 5.91 Å². The fourth-order valence-corrected chi connectivity index (χ4v) is 4.12. The Bertz CT molecular complexity index is 732. The van der Waals surface area contributed by atoms with Gasteiger partial charge in [-0.2, -0.15) is 0 Å². The number of aromatic nitrogens is 1. The van der Waals surface area contributed by atoms with Gasteiger partial charge < -0.3 is 14.4 Å². The summed E-state index contributed by atoms with van der Waals surface area (Å²) in [5.41, 5.74) is 0.657. The van der Waals surface area contributed by atoms with Crippen LogP contribution in [0.4, 0.5) is 0 Å². The van der Waals surface area contributed by atoms with Gasteiger partial charge in [0.25, 0.3) is 5.91 Å². The summed E-state index contributed by atoms with van der Waals surface area (Å²) in [6.45, 7) is 0.527. The predicted octanol–water partition coefficient (Wildman–Crippen LogP) is 3.16. The quantitative estimate of drug-likeness (QED) is 0.840. The molecule has 0 spiro atoms. The Morgan fingerprint density at radius 1 is 1.20 bits per heavy atom. The van der Waals surface area contributed by atoms with Gasteiger partial charge in [0.1, 0.15) is 18.1 Å². The average molecular weight is 338 g/mol. The van der Waals surface area contributed by atoms with Crippen LogP contribution in [0.25, 0.3) is 0 Å². The second-order valence-corrected chi connectivity index (χ2v) is 6.73. The van der Waals surface area contributed by atoms with Crippen LogP contribution in [0.1, 0.15) is 29.6 Å². The summed E-state index contributed by atoms with van der Waals surface area (Å²) in [6.07, 6.45) is 6.70. The van der Waals surface area contributed by atoms with E-state index in [-0.39, 0.29) is 11.9 Å². The number of benzene rings is 1.